The molecule has 0 bridgehead atoms. The van der Waals surface area contributed by atoms with Crippen LogP contribution in [0.3, 0.4) is 0 Å². The summed E-state index contributed by atoms with van der Waals surface area (Å²) < 4.78 is 5.49. The molecule has 6 nitrogen and oxygen atoms in total. The van der Waals surface area contributed by atoms with Crippen molar-refractivity contribution in [3.05, 3.63) is 34.9 Å². The molecule has 1 aromatic rings. The van der Waals surface area contributed by atoms with Gasteiger partial charge < -0.3 is 25.4 Å². The summed E-state index contributed by atoms with van der Waals surface area (Å²) >= 11 is 6.17. The molecule has 8 heteroatoms. The van der Waals surface area contributed by atoms with Gasteiger partial charge in [-0.3, -0.25) is 4.99 Å². The summed E-state index contributed by atoms with van der Waals surface area (Å²) in [5, 5.41) is 17.8. The van der Waals surface area contributed by atoms with Crippen LogP contribution in [0.5, 0.6) is 0 Å². The number of piperidine rings is 1. The van der Waals surface area contributed by atoms with Crippen molar-refractivity contribution in [2.75, 3.05) is 45.9 Å². The summed E-state index contributed by atoms with van der Waals surface area (Å²) in [7, 11) is 0. The highest BCUT2D eigenvalue weighted by Crippen LogP contribution is 2.22. The van der Waals surface area contributed by atoms with E-state index in [4.69, 9.17) is 16.3 Å². The molecule has 0 aromatic heterocycles. The average molecular weight is 537 g/mol. The predicted molar refractivity (Wildman–Crippen MR) is 129 cm³/mol. The largest absolute Gasteiger partial charge is 0.386 e. The lowest BCUT2D eigenvalue weighted by atomic mass is 10.0. The van der Waals surface area contributed by atoms with Crippen LogP contribution in [0.2, 0.25) is 5.02 Å². The van der Waals surface area contributed by atoms with E-state index in [1.54, 1.807) is 6.07 Å². The summed E-state index contributed by atoms with van der Waals surface area (Å²) in [5.74, 6) is 1.46. The molecule has 0 amide bonds. The molecule has 2 saturated heterocycles. The number of hydrogen-bond acceptors (Lipinski definition) is 4. The zero-order valence-corrected chi connectivity index (χ0v) is 20.2. The molecule has 0 saturated carbocycles. The van der Waals surface area contributed by atoms with Crippen molar-refractivity contribution in [3.63, 3.8) is 0 Å². The van der Waals surface area contributed by atoms with Crippen LogP contribution in [0, 0.1) is 5.92 Å². The van der Waals surface area contributed by atoms with E-state index in [1.807, 2.05) is 25.1 Å². The van der Waals surface area contributed by atoms with Crippen LogP contribution in [-0.4, -0.2) is 67.9 Å². The predicted octanol–water partition coefficient (Wildman–Crippen LogP) is 3.05. The van der Waals surface area contributed by atoms with Gasteiger partial charge in [-0.1, -0.05) is 29.8 Å². The zero-order chi connectivity index (χ0) is 19.8. The third-order valence-electron chi connectivity index (χ3n) is 5.50. The maximum atomic E-state index is 10.4. The number of benzene rings is 1. The number of likely N-dealkylation sites (tertiary alicyclic amines) is 1. The van der Waals surface area contributed by atoms with Crippen LogP contribution in [-0.2, 0) is 4.74 Å². The molecule has 3 N–H and O–H groups in total. The lowest BCUT2D eigenvalue weighted by Gasteiger charge is -2.34. The van der Waals surface area contributed by atoms with Crippen LogP contribution >= 0.6 is 35.6 Å². The minimum Gasteiger partial charge on any atom is -0.386 e. The molecule has 0 spiro atoms. The van der Waals surface area contributed by atoms with Crippen molar-refractivity contribution < 1.29 is 9.84 Å². The number of rotatable bonds is 7. The van der Waals surface area contributed by atoms with Crippen molar-refractivity contribution in [1.82, 2.24) is 15.5 Å². The van der Waals surface area contributed by atoms with Crippen LogP contribution in [0.15, 0.2) is 29.3 Å². The molecule has 2 fully saturated rings. The molecule has 2 aliphatic rings. The van der Waals surface area contributed by atoms with Gasteiger partial charge in [0.05, 0.1) is 13.2 Å². The highest BCUT2D eigenvalue weighted by atomic mass is 127. The van der Waals surface area contributed by atoms with Crippen LogP contribution in [0.1, 0.15) is 37.9 Å². The number of ether oxygens (including phenoxy) is 1. The number of halogens is 2. The number of guanidine groups is 1. The number of aliphatic hydroxyl groups excluding tert-OH is 1. The molecular formula is C21H34ClIN4O2. The quantitative estimate of drug-likeness (QED) is 0.284. The van der Waals surface area contributed by atoms with E-state index in [9.17, 15) is 5.11 Å². The Morgan fingerprint density at radius 2 is 2.07 bits per heavy atom. The van der Waals surface area contributed by atoms with Crippen LogP contribution < -0.4 is 10.6 Å². The lowest BCUT2D eigenvalue weighted by molar-refractivity contribution is 0.150. The summed E-state index contributed by atoms with van der Waals surface area (Å²) in [5.41, 5.74) is 0.716. The lowest BCUT2D eigenvalue weighted by Crippen LogP contribution is -2.49. The Kier molecular flexibility index (Phi) is 11.0. The van der Waals surface area contributed by atoms with Gasteiger partial charge in [0.25, 0.3) is 0 Å². The van der Waals surface area contributed by atoms with Gasteiger partial charge >= 0.3 is 0 Å². The van der Waals surface area contributed by atoms with Crippen molar-refractivity contribution in [1.29, 1.82) is 0 Å². The Morgan fingerprint density at radius 3 is 2.72 bits per heavy atom. The first-order chi connectivity index (χ1) is 13.7. The molecule has 29 heavy (non-hydrogen) atoms. The minimum atomic E-state index is -0.709. The van der Waals surface area contributed by atoms with Crippen molar-refractivity contribution in [3.8, 4) is 0 Å². The number of nitrogens with zero attached hydrogens (tertiary/aromatic N) is 2. The van der Waals surface area contributed by atoms with Crippen molar-refractivity contribution >= 4 is 41.5 Å². The molecule has 2 heterocycles. The Hall–Kier alpha value is -0.610. The highest BCUT2D eigenvalue weighted by molar-refractivity contribution is 14.0. The van der Waals surface area contributed by atoms with Gasteiger partial charge in [0.1, 0.15) is 6.10 Å². The molecule has 164 valence electrons. The van der Waals surface area contributed by atoms with E-state index in [-0.39, 0.29) is 30.5 Å². The fourth-order valence-corrected chi connectivity index (χ4v) is 4.15. The highest BCUT2D eigenvalue weighted by Gasteiger charge is 2.24. The molecule has 2 atom stereocenters. The van der Waals surface area contributed by atoms with E-state index >= 15 is 0 Å². The first-order valence-corrected chi connectivity index (χ1v) is 10.8. The molecule has 1 aromatic carbocycles. The zero-order valence-electron chi connectivity index (χ0n) is 17.1. The summed E-state index contributed by atoms with van der Waals surface area (Å²) in [6.07, 6.45) is 2.69. The third-order valence-corrected chi connectivity index (χ3v) is 5.84. The Morgan fingerprint density at radius 1 is 1.31 bits per heavy atom. The molecule has 2 unspecified atom stereocenters. The van der Waals surface area contributed by atoms with Crippen molar-refractivity contribution in [2.24, 2.45) is 10.9 Å². The molecule has 3 rings (SSSR count). The van der Waals surface area contributed by atoms with Gasteiger partial charge in [-0.05, 0) is 38.2 Å². The fourth-order valence-electron chi connectivity index (χ4n) is 3.89. The summed E-state index contributed by atoms with van der Waals surface area (Å²) in [6.45, 7) is 8.33. The second-order valence-electron chi connectivity index (χ2n) is 7.71. The standard InChI is InChI=1S/C21H33ClN4O2.HI/c1-2-23-21(24-13-20(27)18-5-3-4-6-19(18)22)25-17-7-10-26(11-8-17)14-16-9-12-28-15-16;/h3-6,16-17,20,27H,2,7-15H2,1H3,(H2,23,24,25);1H. The number of aliphatic imine (C=N–C) groups is 1. The second kappa shape index (κ2) is 12.9. The van der Waals surface area contributed by atoms with Gasteiger partial charge in [-0.25, -0.2) is 0 Å². The number of hydrogen-bond donors (Lipinski definition) is 3. The van der Waals surface area contributed by atoms with E-state index in [0.717, 1.165) is 58.2 Å². The normalized spacial score (nSPS) is 22.2. The molecule has 0 radical (unpaired) electrons. The van der Waals surface area contributed by atoms with Gasteiger partial charge in [0.2, 0.25) is 0 Å². The topological polar surface area (TPSA) is 69.1 Å². The first-order valence-electron chi connectivity index (χ1n) is 10.4. The Bertz CT molecular complexity index is 635. The second-order valence-corrected chi connectivity index (χ2v) is 8.11. The monoisotopic (exact) mass is 536 g/mol. The van der Waals surface area contributed by atoms with E-state index < -0.39 is 6.10 Å². The first kappa shape index (κ1) is 24.7. The summed E-state index contributed by atoms with van der Waals surface area (Å²) in [4.78, 5) is 7.14. The maximum Gasteiger partial charge on any atom is 0.191 e. The van der Waals surface area contributed by atoms with Crippen molar-refractivity contribution in [2.45, 2.75) is 38.3 Å². The van der Waals surface area contributed by atoms with Crippen LogP contribution in [0.4, 0.5) is 0 Å². The SMILES string of the molecule is CCNC(=NCC(O)c1ccccc1Cl)NC1CCN(CC2CCOC2)CC1.I. The molecular weight excluding hydrogens is 503 g/mol. The van der Waals surface area contributed by atoms with E-state index in [0.29, 0.717) is 22.5 Å². The van der Waals surface area contributed by atoms with Gasteiger partial charge in [0.15, 0.2) is 5.96 Å². The Labute approximate surface area is 196 Å². The van der Waals surface area contributed by atoms with Gasteiger partial charge in [-0.15, -0.1) is 24.0 Å². The summed E-state index contributed by atoms with van der Waals surface area (Å²) in [6, 6.07) is 7.78. The smallest absolute Gasteiger partial charge is 0.191 e. The van der Waals surface area contributed by atoms with E-state index in [1.165, 1.54) is 6.42 Å². The van der Waals surface area contributed by atoms with Gasteiger partial charge in [-0.2, -0.15) is 0 Å². The maximum absolute atomic E-state index is 10.4. The number of aliphatic hydroxyl groups is 1. The Balaban J connectivity index is 0.00000300. The fraction of sp³-hybridized carbons (Fsp3) is 0.667. The molecule has 2 aliphatic heterocycles. The molecule has 0 aliphatic carbocycles. The number of nitrogens with one attached hydrogen (secondary N) is 2. The van der Waals surface area contributed by atoms with E-state index in [2.05, 4.69) is 20.5 Å². The third kappa shape index (κ3) is 7.86. The average Bonchev–Trinajstić information content (AvgIpc) is 3.21. The van der Waals surface area contributed by atoms with Gasteiger partial charge in [0, 0.05) is 49.4 Å². The van der Waals surface area contributed by atoms with Crippen LogP contribution in [0.25, 0.3) is 0 Å². The minimum absolute atomic E-state index is 0.